The summed E-state index contributed by atoms with van der Waals surface area (Å²) >= 11 is 0. The van der Waals surface area contributed by atoms with Crippen molar-refractivity contribution in [2.75, 3.05) is 32.1 Å². The number of halogens is 2. The van der Waals surface area contributed by atoms with E-state index in [1.807, 2.05) is 0 Å². The number of nitrogens with zero attached hydrogens (tertiary/aromatic N) is 2. The van der Waals surface area contributed by atoms with Crippen LogP contribution >= 0.6 is 0 Å². The van der Waals surface area contributed by atoms with Gasteiger partial charge in [-0.05, 0) is 12.1 Å². The highest BCUT2D eigenvalue weighted by Gasteiger charge is 2.35. The number of ether oxygens (including phenoxy) is 1. The number of likely N-dealkylation sites (N-methyl/N-ethyl adjacent to an activating group) is 1. The number of rotatable bonds is 5. The van der Waals surface area contributed by atoms with Crippen molar-refractivity contribution in [2.24, 2.45) is 0 Å². The van der Waals surface area contributed by atoms with Crippen LogP contribution in [-0.2, 0) is 19.1 Å². The zero-order valence-corrected chi connectivity index (χ0v) is 12.5. The second-order valence-electron chi connectivity index (χ2n) is 4.95. The fourth-order valence-electron chi connectivity index (χ4n) is 1.92. The third kappa shape index (κ3) is 4.03. The van der Waals surface area contributed by atoms with E-state index in [4.69, 9.17) is 0 Å². The van der Waals surface area contributed by atoms with E-state index >= 15 is 0 Å². The molecular weight excluding hydrogens is 328 g/mol. The van der Waals surface area contributed by atoms with E-state index in [-0.39, 0.29) is 12.2 Å². The number of imide groups is 1. The summed E-state index contributed by atoms with van der Waals surface area (Å²) in [7, 11) is 1.40. The van der Waals surface area contributed by atoms with Crippen LogP contribution in [0.1, 0.15) is 0 Å². The van der Waals surface area contributed by atoms with Crippen LogP contribution in [0.3, 0.4) is 0 Å². The topological polar surface area (TPSA) is 96.0 Å². The molecule has 0 saturated carbocycles. The minimum Gasteiger partial charge on any atom is -0.454 e. The number of amides is 4. The molecule has 0 unspecified atom stereocenters. The lowest BCUT2D eigenvalue weighted by atomic mass is 10.3. The molecule has 4 amide bonds. The Labute approximate surface area is 135 Å². The van der Waals surface area contributed by atoms with Gasteiger partial charge in [0.2, 0.25) is 0 Å². The molecule has 0 radical (unpaired) electrons. The van der Waals surface area contributed by atoms with E-state index in [2.05, 4.69) is 10.1 Å². The van der Waals surface area contributed by atoms with Crippen LogP contribution < -0.4 is 5.32 Å². The van der Waals surface area contributed by atoms with Crippen LogP contribution in [0.4, 0.5) is 19.3 Å². The van der Waals surface area contributed by atoms with Crippen LogP contribution in [0.25, 0.3) is 0 Å². The number of esters is 1. The molecule has 128 valence electrons. The first kappa shape index (κ1) is 17.3. The van der Waals surface area contributed by atoms with E-state index < -0.39 is 48.6 Å². The van der Waals surface area contributed by atoms with Gasteiger partial charge in [0, 0.05) is 13.1 Å². The van der Waals surface area contributed by atoms with Gasteiger partial charge in [-0.15, -0.1) is 0 Å². The Kier molecular flexibility index (Phi) is 5.07. The van der Waals surface area contributed by atoms with Gasteiger partial charge in [0.15, 0.2) is 6.61 Å². The second kappa shape index (κ2) is 7.02. The molecule has 1 aromatic carbocycles. The van der Waals surface area contributed by atoms with Gasteiger partial charge in [-0.2, -0.15) is 0 Å². The van der Waals surface area contributed by atoms with Gasteiger partial charge in [-0.1, -0.05) is 0 Å². The van der Waals surface area contributed by atoms with Crippen LogP contribution in [0.2, 0.25) is 0 Å². The third-order valence-electron chi connectivity index (χ3n) is 3.09. The summed E-state index contributed by atoms with van der Waals surface area (Å²) < 4.78 is 30.7. The molecule has 0 spiro atoms. The second-order valence-corrected chi connectivity index (χ2v) is 4.95. The van der Waals surface area contributed by atoms with Gasteiger partial charge in [0.25, 0.3) is 11.8 Å². The summed E-state index contributed by atoms with van der Waals surface area (Å²) in [6.07, 6.45) is 0. The number of urea groups is 1. The summed E-state index contributed by atoms with van der Waals surface area (Å²) in [6.45, 7) is -1.52. The van der Waals surface area contributed by atoms with Gasteiger partial charge >= 0.3 is 12.0 Å². The Balaban J connectivity index is 1.82. The highest BCUT2D eigenvalue weighted by Crippen LogP contribution is 2.14. The summed E-state index contributed by atoms with van der Waals surface area (Å²) in [5, 5.41) is 2.10. The van der Waals surface area contributed by atoms with E-state index in [1.54, 1.807) is 0 Å². The van der Waals surface area contributed by atoms with Gasteiger partial charge < -0.3 is 15.0 Å². The van der Waals surface area contributed by atoms with Gasteiger partial charge in [-0.25, -0.2) is 13.6 Å². The fraction of sp³-hybridized carbons (Fsp3) is 0.286. The van der Waals surface area contributed by atoms with Crippen LogP contribution in [-0.4, -0.2) is 60.4 Å². The van der Waals surface area contributed by atoms with E-state index in [9.17, 15) is 28.0 Å². The first-order chi connectivity index (χ1) is 11.3. The number of nitrogens with one attached hydrogen (secondary N) is 1. The Hall–Kier alpha value is -3.04. The van der Waals surface area contributed by atoms with Gasteiger partial charge in [0.05, 0.1) is 5.69 Å². The summed E-state index contributed by atoms with van der Waals surface area (Å²) in [5.41, 5.74) is -0.274. The largest absolute Gasteiger partial charge is 0.454 e. The lowest BCUT2D eigenvalue weighted by molar-refractivity contribution is -0.149. The van der Waals surface area contributed by atoms with Crippen molar-refractivity contribution in [1.82, 2.24) is 9.80 Å². The first-order valence-electron chi connectivity index (χ1n) is 6.74. The number of hydrogen-bond donors (Lipinski definition) is 1. The molecule has 1 aliphatic rings. The van der Waals surface area contributed by atoms with Crippen molar-refractivity contribution in [1.29, 1.82) is 0 Å². The highest BCUT2D eigenvalue weighted by molar-refractivity contribution is 6.04. The van der Waals surface area contributed by atoms with Crippen molar-refractivity contribution < 1.29 is 32.7 Å². The monoisotopic (exact) mass is 341 g/mol. The van der Waals surface area contributed by atoms with E-state index in [0.29, 0.717) is 11.0 Å². The summed E-state index contributed by atoms with van der Waals surface area (Å²) in [4.78, 5) is 48.0. The predicted octanol–water partition coefficient (Wildman–Crippen LogP) is 0.340. The van der Waals surface area contributed by atoms with Gasteiger partial charge in [0.1, 0.15) is 24.7 Å². The number of hydrogen-bond acceptors (Lipinski definition) is 5. The van der Waals surface area contributed by atoms with Crippen molar-refractivity contribution in [2.45, 2.75) is 0 Å². The van der Waals surface area contributed by atoms with Crippen molar-refractivity contribution in [3.05, 3.63) is 29.8 Å². The van der Waals surface area contributed by atoms with Gasteiger partial charge in [-0.3, -0.25) is 19.3 Å². The number of carbonyl (C=O) groups excluding carboxylic acids is 4. The molecule has 1 fully saturated rings. The molecule has 1 heterocycles. The Morgan fingerprint density at radius 2 is 2.00 bits per heavy atom. The average Bonchev–Trinajstić information content (AvgIpc) is 2.74. The average molecular weight is 341 g/mol. The molecule has 0 aromatic heterocycles. The molecule has 0 atom stereocenters. The normalized spacial score (nSPS) is 14.1. The summed E-state index contributed by atoms with van der Waals surface area (Å²) in [6, 6.07) is 1.91. The fourth-order valence-corrected chi connectivity index (χ4v) is 1.92. The lowest BCUT2D eigenvalue weighted by Gasteiger charge is -2.13. The maximum absolute atomic E-state index is 13.4. The summed E-state index contributed by atoms with van der Waals surface area (Å²) in [5.74, 6) is -4.17. The molecule has 1 aromatic rings. The maximum atomic E-state index is 13.4. The van der Waals surface area contributed by atoms with Crippen molar-refractivity contribution in [3.8, 4) is 0 Å². The Morgan fingerprint density at radius 1 is 1.29 bits per heavy atom. The number of carbonyl (C=O) groups is 4. The number of anilines is 1. The van der Waals surface area contributed by atoms with E-state index in [1.165, 1.54) is 7.05 Å². The minimum absolute atomic E-state index is 0.142. The number of benzene rings is 1. The Bertz CT molecular complexity index is 710. The molecule has 8 nitrogen and oxygen atoms in total. The standard InChI is InChI=1S/C14H13F2N3O5/c1-18-5-12(21)19(14(18)23)6-13(22)24-7-11(20)17-10-3-2-8(15)4-9(10)16/h2-4H,5-7H2,1H3,(H,17,20). The van der Waals surface area contributed by atoms with E-state index in [0.717, 1.165) is 17.0 Å². The molecule has 2 rings (SSSR count). The highest BCUT2D eigenvalue weighted by atomic mass is 19.1. The Morgan fingerprint density at radius 3 is 2.58 bits per heavy atom. The van der Waals surface area contributed by atoms with Crippen LogP contribution in [0.5, 0.6) is 0 Å². The zero-order valence-electron chi connectivity index (χ0n) is 12.5. The molecule has 1 aliphatic heterocycles. The molecule has 0 aliphatic carbocycles. The van der Waals surface area contributed by atoms with Crippen molar-refractivity contribution in [3.63, 3.8) is 0 Å². The third-order valence-corrected chi connectivity index (χ3v) is 3.09. The molecule has 0 bridgehead atoms. The molecule has 1 N–H and O–H groups in total. The molecule has 10 heteroatoms. The maximum Gasteiger partial charge on any atom is 0.327 e. The minimum atomic E-state index is -0.981. The first-order valence-corrected chi connectivity index (χ1v) is 6.74. The quantitative estimate of drug-likeness (QED) is 0.615. The molecule has 24 heavy (non-hydrogen) atoms. The van der Waals surface area contributed by atoms with Crippen LogP contribution in [0.15, 0.2) is 18.2 Å². The SMILES string of the molecule is CN1CC(=O)N(CC(=O)OCC(=O)Nc2ccc(F)cc2F)C1=O. The molecular formula is C14H13F2N3O5. The predicted molar refractivity (Wildman–Crippen MR) is 75.7 cm³/mol. The van der Waals surface area contributed by atoms with Crippen LogP contribution in [0, 0.1) is 11.6 Å². The van der Waals surface area contributed by atoms with Crippen molar-refractivity contribution >= 4 is 29.5 Å². The smallest absolute Gasteiger partial charge is 0.327 e. The molecule has 1 saturated heterocycles. The zero-order chi connectivity index (χ0) is 17.9. The lowest BCUT2D eigenvalue weighted by Crippen LogP contribution is -2.37.